The van der Waals surface area contributed by atoms with Gasteiger partial charge < -0.3 is 10.5 Å². The molecule has 1 saturated carbocycles. The van der Waals surface area contributed by atoms with Gasteiger partial charge in [-0.3, -0.25) is 10.0 Å². The van der Waals surface area contributed by atoms with Crippen LogP contribution in [0, 0.1) is 11.8 Å². The summed E-state index contributed by atoms with van der Waals surface area (Å²) in [5, 5.41) is 9.09. The van der Waals surface area contributed by atoms with Crippen molar-refractivity contribution in [2.24, 2.45) is 17.6 Å². The zero-order valence-electron chi connectivity index (χ0n) is 17.2. The van der Waals surface area contributed by atoms with E-state index >= 15 is 0 Å². The normalized spacial score (nSPS) is 20.1. The number of sulfonamides is 1. The van der Waals surface area contributed by atoms with Gasteiger partial charge in [-0.1, -0.05) is 31.0 Å². The van der Waals surface area contributed by atoms with Gasteiger partial charge in [0, 0.05) is 0 Å². The molecule has 3 rings (SSSR count). The minimum atomic E-state index is -3.97. The zero-order chi connectivity index (χ0) is 22.3. The molecule has 0 saturated heterocycles. The van der Waals surface area contributed by atoms with Crippen LogP contribution < -0.4 is 20.7 Å². The van der Waals surface area contributed by atoms with Crippen molar-refractivity contribution in [3.8, 4) is 11.5 Å². The lowest BCUT2D eigenvalue weighted by molar-refractivity contribution is -0.131. The third kappa shape index (κ3) is 6.51. The highest BCUT2D eigenvalue weighted by Gasteiger charge is 2.30. The van der Waals surface area contributed by atoms with Crippen LogP contribution in [-0.4, -0.2) is 32.1 Å². The number of carbonyl (C=O) groups is 1. The van der Waals surface area contributed by atoms with Crippen LogP contribution in [0.1, 0.15) is 32.1 Å². The second kappa shape index (κ2) is 10.7. The number of nitrogens with one attached hydrogen (secondary N) is 2. The standard InChI is InChI=1S/C22H29N3O5S/c23-15-17-8-6-16(7-9-17)14-21(22(26)24-27)25-31(28,29)20-12-10-19(11-13-20)30-18-4-2-1-3-5-18/h1-5,10-13,16-17,21,25,27H,6-9,14-15,23H2,(H,24,26). The molecule has 0 spiro atoms. The third-order valence-corrected chi connectivity index (χ3v) is 7.19. The van der Waals surface area contributed by atoms with E-state index in [9.17, 15) is 13.2 Å². The number of carbonyl (C=O) groups excluding carboxylic acids is 1. The number of hydrogen-bond donors (Lipinski definition) is 4. The number of para-hydroxylation sites is 1. The summed E-state index contributed by atoms with van der Waals surface area (Å²) in [4.78, 5) is 12.2. The molecule has 0 aromatic heterocycles. The van der Waals surface area contributed by atoms with Gasteiger partial charge in [0.05, 0.1) is 4.90 Å². The molecule has 0 aliphatic heterocycles. The smallest absolute Gasteiger partial charge is 0.261 e. The van der Waals surface area contributed by atoms with Crippen molar-refractivity contribution in [3.05, 3.63) is 54.6 Å². The first kappa shape index (κ1) is 23.2. The summed E-state index contributed by atoms with van der Waals surface area (Å²) in [6.45, 7) is 0.643. The maximum atomic E-state index is 12.8. The number of hydroxylamine groups is 1. The summed E-state index contributed by atoms with van der Waals surface area (Å²) in [5.41, 5.74) is 7.30. The Morgan fingerprint density at radius 2 is 1.58 bits per heavy atom. The Morgan fingerprint density at radius 1 is 1.00 bits per heavy atom. The summed E-state index contributed by atoms with van der Waals surface area (Å²) >= 11 is 0. The summed E-state index contributed by atoms with van der Waals surface area (Å²) in [5.74, 6) is 1.03. The monoisotopic (exact) mass is 447 g/mol. The predicted octanol–water partition coefficient (Wildman–Crippen LogP) is 2.79. The fraction of sp³-hybridized carbons (Fsp3) is 0.409. The van der Waals surface area contributed by atoms with Gasteiger partial charge in [0.25, 0.3) is 5.91 Å². The maximum Gasteiger partial charge on any atom is 0.261 e. The number of amides is 1. The second-order valence-electron chi connectivity index (χ2n) is 7.89. The largest absolute Gasteiger partial charge is 0.457 e. The Labute approximate surface area is 182 Å². The SMILES string of the molecule is NCC1CCC(CC(NS(=O)(=O)c2ccc(Oc3ccccc3)cc2)C(=O)NO)CC1. The van der Waals surface area contributed by atoms with E-state index in [2.05, 4.69) is 4.72 Å². The zero-order valence-corrected chi connectivity index (χ0v) is 18.1. The van der Waals surface area contributed by atoms with Crippen molar-refractivity contribution in [3.63, 3.8) is 0 Å². The molecule has 9 heteroatoms. The van der Waals surface area contributed by atoms with E-state index in [0.29, 0.717) is 30.4 Å². The van der Waals surface area contributed by atoms with Gasteiger partial charge in [-0.25, -0.2) is 13.9 Å². The van der Waals surface area contributed by atoms with Crippen molar-refractivity contribution < 1.29 is 23.2 Å². The Kier molecular flexibility index (Phi) is 8.03. The number of benzene rings is 2. The van der Waals surface area contributed by atoms with E-state index in [4.69, 9.17) is 15.7 Å². The Hall–Kier alpha value is -2.46. The average molecular weight is 448 g/mol. The van der Waals surface area contributed by atoms with Crippen molar-refractivity contribution >= 4 is 15.9 Å². The fourth-order valence-electron chi connectivity index (χ4n) is 3.89. The van der Waals surface area contributed by atoms with Gasteiger partial charge in [0.15, 0.2) is 0 Å². The van der Waals surface area contributed by atoms with Gasteiger partial charge in [0.2, 0.25) is 10.0 Å². The molecule has 2 aromatic carbocycles. The molecule has 1 aliphatic rings. The Bertz CT molecular complexity index is 943. The maximum absolute atomic E-state index is 12.8. The van der Waals surface area contributed by atoms with E-state index in [1.165, 1.54) is 12.1 Å². The second-order valence-corrected chi connectivity index (χ2v) is 9.61. The van der Waals surface area contributed by atoms with Crippen molar-refractivity contribution in [2.45, 2.75) is 43.0 Å². The molecule has 8 nitrogen and oxygen atoms in total. The van der Waals surface area contributed by atoms with Gasteiger partial charge in [-0.2, -0.15) is 4.72 Å². The molecule has 1 amide bonds. The van der Waals surface area contributed by atoms with Crippen LogP contribution in [0.15, 0.2) is 59.5 Å². The predicted molar refractivity (Wildman–Crippen MR) is 116 cm³/mol. The lowest BCUT2D eigenvalue weighted by atomic mass is 9.79. The molecule has 1 fully saturated rings. The number of nitrogens with two attached hydrogens (primary N) is 1. The molecule has 5 N–H and O–H groups in total. The van der Waals surface area contributed by atoms with Gasteiger partial charge in [-0.05, 0) is 74.0 Å². The summed E-state index contributed by atoms with van der Waals surface area (Å²) in [6.07, 6.45) is 4.00. The number of rotatable bonds is 9. The van der Waals surface area contributed by atoms with E-state index < -0.39 is 22.0 Å². The summed E-state index contributed by atoms with van der Waals surface area (Å²) in [7, 11) is -3.97. The fourth-order valence-corrected chi connectivity index (χ4v) is 5.10. The molecule has 1 unspecified atom stereocenters. The lowest BCUT2D eigenvalue weighted by Crippen LogP contribution is -2.47. The Balaban J connectivity index is 1.66. The molecule has 2 aromatic rings. The Morgan fingerprint density at radius 3 is 2.16 bits per heavy atom. The van der Waals surface area contributed by atoms with Crippen LogP contribution in [0.2, 0.25) is 0 Å². The van der Waals surface area contributed by atoms with Crippen molar-refractivity contribution in [1.82, 2.24) is 10.2 Å². The van der Waals surface area contributed by atoms with Crippen LogP contribution in [0.4, 0.5) is 0 Å². The molecule has 0 bridgehead atoms. The topological polar surface area (TPSA) is 131 Å². The summed E-state index contributed by atoms with van der Waals surface area (Å²) in [6, 6.07) is 14.0. The highest BCUT2D eigenvalue weighted by atomic mass is 32.2. The molecular formula is C22H29N3O5S. The lowest BCUT2D eigenvalue weighted by Gasteiger charge is -2.30. The molecule has 1 atom stereocenters. The highest BCUT2D eigenvalue weighted by molar-refractivity contribution is 7.89. The first-order chi connectivity index (χ1) is 14.9. The van der Waals surface area contributed by atoms with E-state index in [1.807, 2.05) is 18.2 Å². The van der Waals surface area contributed by atoms with E-state index in [0.717, 1.165) is 25.7 Å². The molecule has 1 aliphatic carbocycles. The highest BCUT2D eigenvalue weighted by Crippen LogP contribution is 2.31. The first-order valence-corrected chi connectivity index (χ1v) is 11.9. The van der Waals surface area contributed by atoms with E-state index in [-0.39, 0.29) is 10.8 Å². The van der Waals surface area contributed by atoms with Gasteiger partial charge >= 0.3 is 0 Å². The minimum Gasteiger partial charge on any atom is -0.457 e. The van der Waals surface area contributed by atoms with Crippen LogP contribution in [0.3, 0.4) is 0 Å². The van der Waals surface area contributed by atoms with Crippen molar-refractivity contribution in [2.75, 3.05) is 6.54 Å². The minimum absolute atomic E-state index is 0.00971. The van der Waals surface area contributed by atoms with Crippen LogP contribution in [0.5, 0.6) is 11.5 Å². The van der Waals surface area contributed by atoms with Gasteiger partial charge in [0.1, 0.15) is 17.5 Å². The molecule has 0 heterocycles. The number of ether oxygens (including phenoxy) is 1. The molecule has 0 radical (unpaired) electrons. The van der Waals surface area contributed by atoms with E-state index in [1.54, 1.807) is 29.7 Å². The number of hydrogen-bond acceptors (Lipinski definition) is 6. The quantitative estimate of drug-likeness (QED) is 0.345. The van der Waals surface area contributed by atoms with Crippen LogP contribution >= 0.6 is 0 Å². The van der Waals surface area contributed by atoms with Gasteiger partial charge in [-0.15, -0.1) is 0 Å². The van der Waals surface area contributed by atoms with Crippen LogP contribution in [0.25, 0.3) is 0 Å². The van der Waals surface area contributed by atoms with Crippen molar-refractivity contribution in [1.29, 1.82) is 0 Å². The third-order valence-electron chi connectivity index (χ3n) is 5.71. The molecular weight excluding hydrogens is 418 g/mol. The average Bonchev–Trinajstić information content (AvgIpc) is 2.79. The van der Waals surface area contributed by atoms with Crippen LogP contribution in [-0.2, 0) is 14.8 Å². The molecule has 168 valence electrons. The molecule has 31 heavy (non-hydrogen) atoms. The summed E-state index contributed by atoms with van der Waals surface area (Å²) < 4.78 is 33.8. The first-order valence-electron chi connectivity index (χ1n) is 10.4.